The van der Waals surface area contributed by atoms with Gasteiger partial charge in [-0.3, -0.25) is 19.7 Å². The van der Waals surface area contributed by atoms with E-state index in [2.05, 4.69) is 37.0 Å². The minimum absolute atomic E-state index is 0.0860. The summed E-state index contributed by atoms with van der Waals surface area (Å²) in [5.74, 6) is 0.474. The third-order valence-corrected chi connectivity index (χ3v) is 4.45. The molecule has 3 rings (SSSR count). The number of carbonyl (C=O) groups is 2. The fraction of sp³-hybridized carbons (Fsp3) is 0.312. The first kappa shape index (κ1) is 17.2. The van der Waals surface area contributed by atoms with Crippen LogP contribution in [-0.2, 0) is 4.79 Å². The molecule has 2 aromatic heterocycles. The number of amides is 3. The van der Waals surface area contributed by atoms with E-state index in [1.165, 1.54) is 17.8 Å². The van der Waals surface area contributed by atoms with Gasteiger partial charge in [-0.2, -0.15) is 0 Å². The second-order valence-corrected chi connectivity index (χ2v) is 6.42. The fourth-order valence-electron chi connectivity index (χ4n) is 2.24. The van der Waals surface area contributed by atoms with Crippen LogP contribution in [0.25, 0.3) is 11.4 Å². The first-order valence-electron chi connectivity index (χ1n) is 7.85. The molecule has 0 saturated heterocycles. The van der Waals surface area contributed by atoms with Crippen LogP contribution in [-0.4, -0.2) is 44.0 Å². The lowest BCUT2D eigenvalue weighted by Gasteiger charge is -2.08. The van der Waals surface area contributed by atoms with Gasteiger partial charge in [-0.1, -0.05) is 17.8 Å². The van der Waals surface area contributed by atoms with E-state index in [0.29, 0.717) is 17.7 Å². The molecule has 8 nitrogen and oxygen atoms in total. The van der Waals surface area contributed by atoms with Crippen LogP contribution in [0.15, 0.2) is 42.3 Å². The van der Waals surface area contributed by atoms with Gasteiger partial charge in [0.1, 0.15) is 0 Å². The predicted octanol–water partition coefficient (Wildman–Crippen LogP) is 1.78. The van der Waals surface area contributed by atoms with Crippen molar-refractivity contribution in [1.82, 2.24) is 30.4 Å². The molecular formula is C16H18N6O2S. The highest BCUT2D eigenvalue weighted by Gasteiger charge is 2.30. The van der Waals surface area contributed by atoms with Gasteiger partial charge in [0.25, 0.3) is 0 Å². The van der Waals surface area contributed by atoms with Crippen molar-refractivity contribution >= 4 is 23.7 Å². The molecule has 1 saturated carbocycles. The molecule has 0 bridgehead atoms. The normalized spacial score (nSPS) is 13.3. The Bertz CT molecular complexity index is 772. The van der Waals surface area contributed by atoms with Gasteiger partial charge >= 0.3 is 6.03 Å². The van der Waals surface area contributed by atoms with Gasteiger partial charge < -0.3 is 5.32 Å². The van der Waals surface area contributed by atoms with Crippen molar-refractivity contribution in [2.45, 2.75) is 24.0 Å². The van der Waals surface area contributed by atoms with Crippen molar-refractivity contribution in [3.05, 3.63) is 37.2 Å². The Morgan fingerprint density at radius 2 is 2.08 bits per heavy atom. The summed E-state index contributed by atoms with van der Waals surface area (Å²) in [4.78, 5) is 27.4. The van der Waals surface area contributed by atoms with Crippen molar-refractivity contribution < 1.29 is 9.59 Å². The van der Waals surface area contributed by atoms with E-state index in [1.807, 2.05) is 12.1 Å². The average molecular weight is 358 g/mol. The zero-order valence-electron chi connectivity index (χ0n) is 13.5. The number of nitrogens with zero attached hydrogens (tertiary/aromatic N) is 4. The van der Waals surface area contributed by atoms with Crippen LogP contribution >= 0.6 is 11.8 Å². The number of rotatable bonds is 7. The lowest BCUT2D eigenvalue weighted by Crippen LogP contribution is -2.40. The Kier molecular flexibility index (Phi) is 5.44. The zero-order valence-corrected chi connectivity index (χ0v) is 14.3. The Hall–Kier alpha value is -2.68. The van der Waals surface area contributed by atoms with Crippen LogP contribution in [0.2, 0.25) is 0 Å². The third kappa shape index (κ3) is 4.44. The smallest absolute Gasteiger partial charge is 0.321 e. The van der Waals surface area contributed by atoms with Crippen LogP contribution in [0.5, 0.6) is 0 Å². The molecule has 130 valence electrons. The minimum Gasteiger partial charge on any atom is -0.334 e. The molecule has 0 aliphatic heterocycles. The highest BCUT2D eigenvalue weighted by molar-refractivity contribution is 7.99. The van der Waals surface area contributed by atoms with Gasteiger partial charge in [-0.05, 0) is 25.0 Å². The third-order valence-electron chi connectivity index (χ3n) is 3.51. The number of hydrogen-bond donors (Lipinski definition) is 2. The largest absolute Gasteiger partial charge is 0.334 e. The number of nitrogens with one attached hydrogen (secondary N) is 2. The highest BCUT2D eigenvalue weighted by atomic mass is 32.2. The molecule has 25 heavy (non-hydrogen) atoms. The molecule has 0 radical (unpaired) electrons. The van der Waals surface area contributed by atoms with E-state index >= 15 is 0 Å². The van der Waals surface area contributed by atoms with E-state index in [0.717, 1.165) is 24.2 Å². The first-order chi connectivity index (χ1) is 12.2. The van der Waals surface area contributed by atoms with Crippen LogP contribution in [0, 0.1) is 0 Å². The van der Waals surface area contributed by atoms with Crippen molar-refractivity contribution in [3.8, 4) is 11.4 Å². The van der Waals surface area contributed by atoms with E-state index in [-0.39, 0.29) is 11.7 Å². The molecular weight excluding hydrogens is 340 g/mol. The molecule has 3 amide bonds. The van der Waals surface area contributed by atoms with Gasteiger partial charge in [0.05, 0.1) is 5.75 Å². The summed E-state index contributed by atoms with van der Waals surface area (Å²) in [6.07, 6.45) is 7.10. The Morgan fingerprint density at radius 3 is 2.76 bits per heavy atom. The molecule has 9 heteroatoms. The van der Waals surface area contributed by atoms with Gasteiger partial charge in [-0.15, -0.1) is 16.8 Å². The maximum absolute atomic E-state index is 11.9. The van der Waals surface area contributed by atoms with Crippen LogP contribution in [0.1, 0.15) is 18.9 Å². The number of aromatic nitrogens is 4. The molecule has 0 aromatic carbocycles. The number of thioether (sulfide) groups is 1. The fourth-order valence-corrected chi connectivity index (χ4v) is 3.04. The van der Waals surface area contributed by atoms with E-state index in [4.69, 9.17) is 0 Å². The predicted molar refractivity (Wildman–Crippen MR) is 94.0 cm³/mol. The number of pyridine rings is 1. The highest BCUT2D eigenvalue weighted by Crippen LogP contribution is 2.40. The average Bonchev–Trinajstić information content (AvgIpc) is 3.38. The molecule has 2 heterocycles. The topological polar surface area (TPSA) is 102 Å². The Balaban J connectivity index is 1.65. The molecule has 2 aromatic rings. The summed E-state index contributed by atoms with van der Waals surface area (Å²) < 4.78 is 2.06. The molecule has 2 N–H and O–H groups in total. The molecule has 1 aliphatic carbocycles. The number of imide groups is 1. The van der Waals surface area contributed by atoms with Gasteiger partial charge in [0.2, 0.25) is 5.91 Å². The molecule has 0 unspecified atom stereocenters. The maximum atomic E-state index is 11.9. The van der Waals surface area contributed by atoms with Crippen molar-refractivity contribution in [3.63, 3.8) is 0 Å². The zero-order chi connectivity index (χ0) is 17.6. The molecule has 0 atom stereocenters. The van der Waals surface area contributed by atoms with Crippen molar-refractivity contribution in [2.24, 2.45) is 0 Å². The van der Waals surface area contributed by atoms with Crippen LogP contribution < -0.4 is 10.6 Å². The van der Waals surface area contributed by atoms with Crippen LogP contribution in [0.4, 0.5) is 4.79 Å². The summed E-state index contributed by atoms with van der Waals surface area (Å²) in [5.41, 5.74) is 0.939. The molecule has 1 aliphatic rings. The quantitative estimate of drug-likeness (QED) is 0.578. The summed E-state index contributed by atoms with van der Waals surface area (Å²) in [6.45, 7) is 3.80. The number of hydrogen-bond acceptors (Lipinski definition) is 6. The van der Waals surface area contributed by atoms with Gasteiger partial charge in [0, 0.05) is 30.5 Å². The summed E-state index contributed by atoms with van der Waals surface area (Å²) in [7, 11) is 0. The lowest BCUT2D eigenvalue weighted by molar-refractivity contribution is -0.117. The van der Waals surface area contributed by atoms with Crippen LogP contribution in [0.3, 0.4) is 0 Å². The first-order valence-corrected chi connectivity index (χ1v) is 8.84. The van der Waals surface area contributed by atoms with E-state index in [1.54, 1.807) is 12.4 Å². The van der Waals surface area contributed by atoms with Crippen molar-refractivity contribution in [2.75, 3.05) is 12.3 Å². The number of carbonyl (C=O) groups excluding carboxylic acids is 2. The SMILES string of the molecule is C=CCNC(=O)NC(=O)CSc1nnc(-c2ccncc2)n1C1CC1. The number of urea groups is 1. The summed E-state index contributed by atoms with van der Waals surface area (Å²) >= 11 is 1.27. The maximum Gasteiger partial charge on any atom is 0.321 e. The Labute approximate surface area is 149 Å². The van der Waals surface area contributed by atoms with E-state index in [9.17, 15) is 9.59 Å². The van der Waals surface area contributed by atoms with Gasteiger partial charge in [-0.25, -0.2) is 4.79 Å². The standard InChI is InChI=1S/C16H18N6O2S/c1-2-7-18-15(24)19-13(23)10-25-16-21-20-14(22(16)12-3-4-12)11-5-8-17-9-6-11/h2,5-6,8-9,12H,1,3-4,7,10H2,(H2,18,19,23,24). The van der Waals surface area contributed by atoms with Gasteiger partial charge in [0.15, 0.2) is 11.0 Å². The molecule has 0 spiro atoms. The van der Waals surface area contributed by atoms with E-state index < -0.39 is 6.03 Å². The Morgan fingerprint density at radius 1 is 1.32 bits per heavy atom. The monoisotopic (exact) mass is 358 g/mol. The molecule has 1 fully saturated rings. The van der Waals surface area contributed by atoms with Crippen molar-refractivity contribution in [1.29, 1.82) is 0 Å². The lowest BCUT2D eigenvalue weighted by atomic mass is 10.2. The minimum atomic E-state index is -0.536. The second-order valence-electron chi connectivity index (χ2n) is 5.48. The summed E-state index contributed by atoms with van der Waals surface area (Å²) in [6, 6.07) is 3.59. The second kappa shape index (κ2) is 7.93. The summed E-state index contributed by atoms with van der Waals surface area (Å²) in [5, 5.41) is 13.9.